The van der Waals surface area contributed by atoms with Gasteiger partial charge in [-0.3, -0.25) is 14.4 Å². The number of rotatable bonds is 6. The van der Waals surface area contributed by atoms with Gasteiger partial charge in [-0.25, -0.2) is 0 Å². The van der Waals surface area contributed by atoms with Crippen molar-refractivity contribution in [1.82, 2.24) is 0 Å². The maximum atomic E-state index is 14.8. The van der Waals surface area contributed by atoms with E-state index >= 15 is 0 Å². The maximum absolute atomic E-state index is 14.8. The van der Waals surface area contributed by atoms with E-state index in [-0.39, 0.29) is 29.2 Å². The smallest absolute Gasteiger partial charge is 0.167 e. The fourth-order valence-corrected chi connectivity index (χ4v) is 7.78. The summed E-state index contributed by atoms with van der Waals surface area (Å²) in [6.45, 7) is 0. The maximum Gasteiger partial charge on any atom is 0.167 e. The zero-order valence-corrected chi connectivity index (χ0v) is 21.0. The van der Waals surface area contributed by atoms with E-state index in [9.17, 15) is 14.4 Å². The van der Waals surface area contributed by atoms with Crippen molar-refractivity contribution in [2.45, 2.75) is 24.7 Å². The van der Waals surface area contributed by atoms with Crippen LogP contribution in [-0.2, 0) is 4.79 Å². The van der Waals surface area contributed by atoms with Crippen LogP contribution in [0, 0.1) is 22.7 Å². The van der Waals surface area contributed by atoms with Gasteiger partial charge in [0, 0.05) is 45.6 Å². The lowest BCUT2D eigenvalue weighted by atomic mass is 9.88. The summed E-state index contributed by atoms with van der Waals surface area (Å²) in [6, 6.07) is 38.7. The van der Waals surface area contributed by atoms with Crippen LogP contribution in [0.25, 0.3) is 0 Å². The predicted octanol–water partition coefficient (Wildman–Crippen LogP) is 6.92. The van der Waals surface area contributed by atoms with Crippen molar-refractivity contribution in [3.05, 3.63) is 144 Å². The molecule has 7 rings (SSSR count). The molecule has 0 amide bonds. The molecule has 0 heterocycles. The zero-order chi connectivity index (χ0) is 25.9. The summed E-state index contributed by atoms with van der Waals surface area (Å²) in [5.74, 6) is -0.926. The molecular weight excluding hydrogens is 468 g/mol. The highest BCUT2D eigenvalue weighted by Gasteiger charge is 2.85. The summed E-state index contributed by atoms with van der Waals surface area (Å²) in [4.78, 5) is 42.6. The molecule has 3 saturated carbocycles. The van der Waals surface area contributed by atoms with Crippen LogP contribution in [0.3, 0.4) is 0 Å². The Balaban J connectivity index is 1.32. The number of carbonyl (C=O) groups is 3. The van der Waals surface area contributed by atoms with Crippen molar-refractivity contribution in [3.63, 3.8) is 0 Å². The van der Waals surface area contributed by atoms with Gasteiger partial charge in [-0.15, -0.1) is 0 Å². The molecule has 3 fully saturated rings. The van der Waals surface area contributed by atoms with E-state index in [4.69, 9.17) is 0 Å². The summed E-state index contributed by atoms with van der Waals surface area (Å²) in [6.07, 6.45) is 1.27. The lowest BCUT2D eigenvalue weighted by Gasteiger charge is -2.12. The van der Waals surface area contributed by atoms with Gasteiger partial charge in [-0.2, -0.15) is 0 Å². The Morgan fingerprint density at radius 2 is 0.816 bits per heavy atom. The minimum Gasteiger partial charge on any atom is -0.298 e. The molecule has 2 spiro atoms. The van der Waals surface area contributed by atoms with Crippen LogP contribution in [0.1, 0.15) is 56.5 Å². The second-order valence-corrected chi connectivity index (χ2v) is 11.1. The van der Waals surface area contributed by atoms with Crippen LogP contribution in [0.15, 0.2) is 121 Å². The molecule has 0 radical (unpaired) electrons. The molecule has 38 heavy (non-hydrogen) atoms. The van der Waals surface area contributed by atoms with Gasteiger partial charge in [-0.1, -0.05) is 121 Å². The summed E-state index contributed by atoms with van der Waals surface area (Å²) in [7, 11) is 0. The highest BCUT2D eigenvalue weighted by Crippen LogP contribution is 2.83. The Labute approximate surface area is 222 Å². The normalized spacial score (nSPS) is 30.9. The Morgan fingerprint density at radius 3 is 1.16 bits per heavy atom. The van der Waals surface area contributed by atoms with Gasteiger partial charge in [0.1, 0.15) is 5.78 Å². The SMILES string of the molecule is O=C(c1ccccc1)C1C(c2ccccc2)C12CCC1(C2=O)C(C(=O)c2ccccc2)C1c1ccccc1. The van der Waals surface area contributed by atoms with Crippen molar-refractivity contribution < 1.29 is 14.4 Å². The number of benzene rings is 4. The molecule has 0 aliphatic heterocycles. The van der Waals surface area contributed by atoms with Crippen LogP contribution >= 0.6 is 0 Å². The van der Waals surface area contributed by atoms with Gasteiger partial charge < -0.3 is 0 Å². The van der Waals surface area contributed by atoms with Gasteiger partial charge in [0.15, 0.2) is 11.6 Å². The van der Waals surface area contributed by atoms with Crippen LogP contribution in [0.5, 0.6) is 0 Å². The molecular formula is C35H28O3. The topological polar surface area (TPSA) is 51.2 Å². The van der Waals surface area contributed by atoms with E-state index in [0.29, 0.717) is 24.0 Å². The first-order chi connectivity index (χ1) is 18.6. The molecule has 0 bridgehead atoms. The van der Waals surface area contributed by atoms with Crippen molar-refractivity contribution in [2.75, 3.05) is 0 Å². The average Bonchev–Trinajstić information content (AvgIpc) is 3.84. The molecule has 6 atom stereocenters. The van der Waals surface area contributed by atoms with E-state index in [2.05, 4.69) is 0 Å². The molecule has 3 heteroatoms. The minimum absolute atomic E-state index is 0.0349. The van der Waals surface area contributed by atoms with Crippen LogP contribution in [-0.4, -0.2) is 17.3 Å². The molecule has 0 aromatic heterocycles. The molecule has 4 aromatic rings. The van der Waals surface area contributed by atoms with Gasteiger partial charge in [0.05, 0.1) is 0 Å². The lowest BCUT2D eigenvalue weighted by Crippen LogP contribution is -2.24. The summed E-state index contributed by atoms with van der Waals surface area (Å²) in [5, 5.41) is 0. The number of hydrogen-bond donors (Lipinski definition) is 0. The van der Waals surface area contributed by atoms with Crippen LogP contribution in [0.4, 0.5) is 0 Å². The van der Waals surface area contributed by atoms with Crippen molar-refractivity contribution in [3.8, 4) is 0 Å². The summed E-state index contributed by atoms with van der Waals surface area (Å²) >= 11 is 0. The molecule has 4 aromatic carbocycles. The van der Waals surface area contributed by atoms with Crippen molar-refractivity contribution >= 4 is 17.3 Å². The third-order valence-electron chi connectivity index (χ3n) is 9.47. The van der Waals surface area contributed by atoms with Crippen molar-refractivity contribution in [1.29, 1.82) is 0 Å². The van der Waals surface area contributed by atoms with Crippen LogP contribution < -0.4 is 0 Å². The quantitative estimate of drug-likeness (QED) is 0.272. The first kappa shape index (κ1) is 23.0. The highest BCUT2D eigenvalue weighted by molar-refractivity contribution is 6.15. The third kappa shape index (κ3) is 3.11. The second kappa shape index (κ2) is 8.46. The number of hydrogen-bond acceptors (Lipinski definition) is 3. The first-order valence-corrected chi connectivity index (χ1v) is 13.4. The number of Topliss-reactive ketones (excluding diaryl/α,β-unsaturated/α-hetero) is 3. The fraction of sp³-hybridized carbons (Fsp3) is 0.229. The number of carbonyl (C=O) groups excluding carboxylic acids is 3. The monoisotopic (exact) mass is 496 g/mol. The predicted molar refractivity (Wildman–Crippen MR) is 146 cm³/mol. The molecule has 6 unspecified atom stereocenters. The minimum atomic E-state index is -0.757. The van der Waals surface area contributed by atoms with E-state index < -0.39 is 22.7 Å². The molecule has 186 valence electrons. The molecule has 3 aliphatic carbocycles. The largest absolute Gasteiger partial charge is 0.298 e. The molecule has 3 nitrogen and oxygen atoms in total. The first-order valence-electron chi connectivity index (χ1n) is 13.4. The van der Waals surface area contributed by atoms with Gasteiger partial charge in [-0.05, 0) is 24.0 Å². The molecule has 3 aliphatic rings. The average molecular weight is 497 g/mol. The zero-order valence-electron chi connectivity index (χ0n) is 21.0. The second-order valence-electron chi connectivity index (χ2n) is 11.1. The third-order valence-corrected chi connectivity index (χ3v) is 9.47. The molecule has 0 N–H and O–H groups in total. The van der Waals surface area contributed by atoms with Crippen LogP contribution in [0.2, 0.25) is 0 Å². The number of ketones is 3. The van der Waals surface area contributed by atoms with Gasteiger partial charge in [0.2, 0.25) is 0 Å². The standard InChI is InChI=1S/C35H28O3/c36-31(25-17-9-3-10-18-25)29-27(23-13-5-1-6-14-23)34(29)21-22-35(33(34)38)28(24-15-7-2-8-16-24)30(35)32(37)26-19-11-4-12-20-26/h1-20,27-30H,21-22H2. The summed E-state index contributed by atoms with van der Waals surface area (Å²) < 4.78 is 0. The Morgan fingerprint density at radius 1 is 0.500 bits per heavy atom. The highest BCUT2D eigenvalue weighted by atomic mass is 16.2. The summed E-state index contributed by atoms with van der Waals surface area (Å²) in [5.41, 5.74) is 1.86. The lowest BCUT2D eigenvalue weighted by molar-refractivity contribution is -0.127. The fourth-order valence-electron chi connectivity index (χ4n) is 7.78. The van der Waals surface area contributed by atoms with Gasteiger partial charge in [0.25, 0.3) is 0 Å². The Hall–Kier alpha value is -4.11. The Kier molecular flexibility index (Phi) is 5.13. The van der Waals surface area contributed by atoms with E-state index in [1.807, 2.05) is 121 Å². The van der Waals surface area contributed by atoms with Crippen molar-refractivity contribution in [2.24, 2.45) is 22.7 Å². The van der Waals surface area contributed by atoms with Gasteiger partial charge >= 0.3 is 0 Å². The van der Waals surface area contributed by atoms with E-state index in [1.165, 1.54) is 0 Å². The Bertz CT molecular complexity index is 1410. The molecule has 0 saturated heterocycles. The van der Waals surface area contributed by atoms with E-state index in [1.54, 1.807) is 0 Å². The van der Waals surface area contributed by atoms with E-state index in [0.717, 1.165) is 11.1 Å².